The molecule has 0 heterocycles. The summed E-state index contributed by atoms with van der Waals surface area (Å²) in [6.45, 7) is 0. The maximum Gasteiger partial charge on any atom is 0.416 e. The SMILES string of the molecule is NC(Cc1cccc(Cl)c1F)c1ccccc1C(F)(F)F. The highest BCUT2D eigenvalue weighted by atomic mass is 35.5. The van der Waals surface area contributed by atoms with Crippen LogP contribution in [-0.2, 0) is 12.6 Å². The zero-order valence-electron chi connectivity index (χ0n) is 10.8. The lowest BCUT2D eigenvalue weighted by molar-refractivity contribution is -0.138. The number of rotatable bonds is 3. The van der Waals surface area contributed by atoms with Crippen molar-refractivity contribution in [2.24, 2.45) is 5.73 Å². The monoisotopic (exact) mass is 317 g/mol. The Kier molecular flexibility index (Phi) is 4.54. The second-order valence-electron chi connectivity index (χ2n) is 4.61. The second kappa shape index (κ2) is 6.03. The van der Waals surface area contributed by atoms with Crippen LogP contribution >= 0.6 is 11.6 Å². The highest BCUT2D eigenvalue weighted by Crippen LogP contribution is 2.35. The van der Waals surface area contributed by atoms with Crippen LogP contribution in [0.2, 0.25) is 5.02 Å². The third kappa shape index (κ3) is 3.54. The van der Waals surface area contributed by atoms with E-state index in [0.717, 1.165) is 6.07 Å². The van der Waals surface area contributed by atoms with Gasteiger partial charge < -0.3 is 5.73 Å². The molecular formula is C15H12ClF4N. The molecule has 0 fully saturated rings. The molecule has 2 aromatic rings. The molecule has 6 heteroatoms. The molecular weight excluding hydrogens is 306 g/mol. The first-order chi connectivity index (χ1) is 9.80. The van der Waals surface area contributed by atoms with Crippen LogP contribution in [0.3, 0.4) is 0 Å². The van der Waals surface area contributed by atoms with Crippen molar-refractivity contribution < 1.29 is 17.6 Å². The Balaban J connectivity index is 2.33. The highest BCUT2D eigenvalue weighted by Gasteiger charge is 2.34. The van der Waals surface area contributed by atoms with Gasteiger partial charge in [-0.2, -0.15) is 13.2 Å². The van der Waals surface area contributed by atoms with E-state index in [-0.39, 0.29) is 22.6 Å². The molecule has 0 aliphatic rings. The van der Waals surface area contributed by atoms with Crippen LogP contribution in [0, 0.1) is 5.82 Å². The number of nitrogens with two attached hydrogens (primary N) is 1. The van der Waals surface area contributed by atoms with E-state index in [0.29, 0.717) is 0 Å². The molecule has 2 rings (SSSR count). The van der Waals surface area contributed by atoms with Gasteiger partial charge in [0.25, 0.3) is 0 Å². The second-order valence-corrected chi connectivity index (χ2v) is 5.02. The minimum atomic E-state index is -4.50. The van der Waals surface area contributed by atoms with Gasteiger partial charge in [-0.3, -0.25) is 0 Å². The molecule has 0 saturated carbocycles. The summed E-state index contributed by atoms with van der Waals surface area (Å²) in [5, 5.41) is -0.0798. The lowest BCUT2D eigenvalue weighted by Crippen LogP contribution is -2.19. The van der Waals surface area contributed by atoms with Crippen molar-refractivity contribution in [3.63, 3.8) is 0 Å². The first-order valence-electron chi connectivity index (χ1n) is 6.15. The summed E-state index contributed by atoms with van der Waals surface area (Å²) in [6, 6.07) is 8.41. The Morgan fingerprint density at radius 2 is 1.71 bits per heavy atom. The molecule has 2 N–H and O–H groups in total. The van der Waals surface area contributed by atoms with E-state index < -0.39 is 23.6 Å². The van der Waals surface area contributed by atoms with Crippen LogP contribution in [-0.4, -0.2) is 0 Å². The lowest BCUT2D eigenvalue weighted by atomic mass is 9.95. The van der Waals surface area contributed by atoms with E-state index in [1.807, 2.05) is 0 Å². The summed E-state index contributed by atoms with van der Waals surface area (Å²) in [5.74, 6) is -0.654. The molecule has 1 unspecified atom stereocenters. The van der Waals surface area contributed by atoms with Gasteiger partial charge in [0.2, 0.25) is 0 Å². The average Bonchev–Trinajstić information content (AvgIpc) is 2.43. The number of benzene rings is 2. The number of alkyl halides is 3. The van der Waals surface area contributed by atoms with Gasteiger partial charge in [-0.25, -0.2) is 4.39 Å². The largest absolute Gasteiger partial charge is 0.416 e. The van der Waals surface area contributed by atoms with Gasteiger partial charge in [0, 0.05) is 6.04 Å². The molecule has 112 valence electrons. The van der Waals surface area contributed by atoms with E-state index in [1.165, 1.54) is 36.4 Å². The molecule has 1 nitrogen and oxygen atoms in total. The number of hydrogen-bond donors (Lipinski definition) is 1. The summed E-state index contributed by atoms with van der Waals surface area (Å²) >= 11 is 5.65. The molecule has 0 aliphatic heterocycles. The number of halogens is 5. The van der Waals surface area contributed by atoms with Crippen LogP contribution in [0.25, 0.3) is 0 Å². The fourth-order valence-corrected chi connectivity index (χ4v) is 2.33. The molecule has 0 aromatic heterocycles. The topological polar surface area (TPSA) is 26.0 Å². The number of hydrogen-bond acceptors (Lipinski definition) is 1. The van der Waals surface area contributed by atoms with Crippen molar-refractivity contribution in [2.75, 3.05) is 0 Å². The standard InChI is InChI=1S/C15H12ClF4N/c16-12-7-3-4-9(14(12)17)8-13(21)10-5-1-2-6-11(10)15(18,19)20/h1-7,13H,8,21H2. The summed E-state index contributed by atoms with van der Waals surface area (Å²) in [7, 11) is 0. The zero-order chi connectivity index (χ0) is 15.6. The Hall–Kier alpha value is -1.59. The minimum Gasteiger partial charge on any atom is -0.324 e. The van der Waals surface area contributed by atoms with Gasteiger partial charge in [-0.15, -0.1) is 0 Å². The fraction of sp³-hybridized carbons (Fsp3) is 0.200. The molecule has 0 saturated heterocycles. The quantitative estimate of drug-likeness (QED) is 0.813. The molecule has 0 amide bonds. The van der Waals surface area contributed by atoms with Crippen molar-refractivity contribution >= 4 is 11.6 Å². The predicted molar refractivity (Wildman–Crippen MR) is 73.5 cm³/mol. The molecule has 21 heavy (non-hydrogen) atoms. The summed E-state index contributed by atoms with van der Waals surface area (Å²) in [4.78, 5) is 0. The van der Waals surface area contributed by atoms with Crippen LogP contribution in [0.4, 0.5) is 17.6 Å². The molecule has 0 aliphatic carbocycles. The first kappa shape index (κ1) is 15.8. The van der Waals surface area contributed by atoms with Crippen molar-refractivity contribution in [3.8, 4) is 0 Å². The smallest absolute Gasteiger partial charge is 0.324 e. The Bertz CT molecular complexity index is 640. The molecule has 0 radical (unpaired) electrons. The highest BCUT2D eigenvalue weighted by molar-refractivity contribution is 6.30. The normalized spacial score (nSPS) is 13.2. The van der Waals surface area contributed by atoms with Crippen LogP contribution < -0.4 is 5.73 Å². The van der Waals surface area contributed by atoms with Gasteiger partial charge in [0.15, 0.2) is 0 Å². The molecule has 1 atom stereocenters. The van der Waals surface area contributed by atoms with Gasteiger partial charge in [0.1, 0.15) is 5.82 Å². The van der Waals surface area contributed by atoms with Crippen molar-refractivity contribution in [3.05, 3.63) is 70.0 Å². The predicted octanol–water partition coefficient (Wildman–Crippen LogP) is 4.74. The molecule has 2 aromatic carbocycles. The van der Waals surface area contributed by atoms with Crippen LogP contribution in [0.15, 0.2) is 42.5 Å². The van der Waals surface area contributed by atoms with Crippen molar-refractivity contribution in [1.82, 2.24) is 0 Å². The Morgan fingerprint density at radius 1 is 1.05 bits per heavy atom. The molecule has 0 spiro atoms. The average molecular weight is 318 g/mol. The molecule has 0 bridgehead atoms. The van der Waals surface area contributed by atoms with Gasteiger partial charge in [-0.05, 0) is 29.7 Å². The minimum absolute atomic E-state index is 0.0654. The van der Waals surface area contributed by atoms with E-state index in [9.17, 15) is 17.6 Å². The van der Waals surface area contributed by atoms with Gasteiger partial charge in [-0.1, -0.05) is 41.9 Å². The zero-order valence-corrected chi connectivity index (χ0v) is 11.5. The van der Waals surface area contributed by atoms with E-state index in [1.54, 1.807) is 0 Å². The Morgan fingerprint density at radius 3 is 2.38 bits per heavy atom. The van der Waals surface area contributed by atoms with E-state index in [4.69, 9.17) is 17.3 Å². The van der Waals surface area contributed by atoms with E-state index >= 15 is 0 Å². The Labute approximate surface area is 124 Å². The van der Waals surface area contributed by atoms with E-state index in [2.05, 4.69) is 0 Å². The van der Waals surface area contributed by atoms with Crippen LogP contribution in [0.5, 0.6) is 0 Å². The van der Waals surface area contributed by atoms with Gasteiger partial charge in [0.05, 0.1) is 10.6 Å². The van der Waals surface area contributed by atoms with Crippen molar-refractivity contribution in [1.29, 1.82) is 0 Å². The maximum atomic E-state index is 13.8. The summed E-state index contributed by atoms with van der Waals surface area (Å²) < 4.78 is 52.6. The third-order valence-electron chi connectivity index (χ3n) is 3.14. The summed E-state index contributed by atoms with van der Waals surface area (Å²) in [6.07, 6.45) is -4.57. The van der Waals surface area contributed by atoms with Crippen molar-refractivity contribution in [2.45, 2.75) is 18.6 Å². The first-order valence-corrected chi connectivity index (χ1v) is 6.53. The van der Waals surface area contributed by atoms with Gasteiger partial charge >= 0.3 is 6.18 Å². The summed E-state index contributed by atoms with van der Waals surface area (Å²) in [5.41, 5.74) is 5.15. The lowest BCUT2D eigenvalue weighted by Gasteiger charge is -2.18. The maximum absolute atomic E-state index is 13.8. The fourth-order valence-electron chi connectivity index (χ4n) is 2.13. The van der Waals surface area contributed by atoms with Crippen LogP contribution in [0.1, 0.15) is 22.7 Å². The third-order valence-corrected chi connectivity index (χ3v) is 3.43.